The quantitative estimate of drug-likeness (QED) is 0.220. The molecule has 40 heavy (non-hydrogen) atoms. The van der Waals surface area contributed by atoms with Crippen LogP contribution in [0.4, 0.5) is 17.2 Å². The minimum absolute atomic E-state index is 0.162. The Hall–Kier alpha value is -4.38. The van der Waals surface area contributed by atoms with Gasteiger partial charge in [-0.05, 0) is 79.3 Å². The maximum atomic E-state index is 6.53. The summed E-state index contributed by atoms with van der Waals surface area (Å²) in [4.78, 5) is 7.07. The minimum atomic E-state index is -0.162. The number of para-hydroxylation sites is 1. The summed E-state index contributed by atoms with van der Waals surface area (Å²) in [5.41, 5.74) is 7.80. The van der Waals surface area contributed by atoms with Gasteiger partial charge in [0.2, 0.25) is 0 Å². The van der Waals surface area contributed by atoms with Crippen molar-refractivity contribution in [3.8, 4) is 17.2 Å². The van der Waals surface area contributed by atoms with Gasteiger partial charge < -0.3 is 4.74 Å². The summed E-state index contributed by atoms with van der Waals surface area (Å²) in [6.07, 6.45) is 1.86. The zero-order chi connectivity index (χ0) is 28.0. The summed E-state index contributed by atoms with van der Waals surface area (Å²) in [5.74, 6) is 3.20. The molecule has 0 amide bonds. The number of aromatic nitrogens is 3. The lowest BCUT2D eigenvalue weighted by atomic mass is 9.58. The molecule has 0 aliphatic carbocycles. The van der Waals surface area contributed by atoms with Gasteiger partial charge in [-0.15, -0.1) is 0 Å². The van der Waals surface area contributed by atoms with Gasteiger partial charge in [0.25, 0.3) is 0 Å². The second-order valence-electron chi connectivity index (χ2n) is 11.3. The predicted octanol–water partition coefficient (Wildman–Crippen LogP) is 9.06. The molecule has 5 heteroatoms. The summed E-state index contributed by atoms with van der Waals surface area (Å²) in [7, 11) is 0. The smallest absolute Gasteiger partial charge is 0.137 e. The standard InChI is InChI=1S/C35H36N4O/c1-23(2)35(24(3)4)30-14-7-8-15-32(30)38(34-16-9-10-19-36-34)33-22-29(17-18-31(33)35)40-28-13-11-12-27(21-28)39-26(6)20-25(5)37-39/h7-24H,1-6H3. The molecule has 1 aliphatic heterocycles. The second kappa shape index (κ2) is 9.98. The monoisotopic (exact) mass is 528 g/mol. The normalized spacial score (nSPS) is 13.8. The maximum Gasteiger partial charge on any atom is 0.137 e. The molecule has 1 aliphatic rings. The van der Waals surface area contributed by atoms with Crippen molar-refractivity contribution in [3.05, 3.63) is 120 Å². The van der Waals surface area contributed by atoms with Crippen LogP contribution in [0, 0.1) is 25.7 Å². The SMILES string of the molecule is Cc1cc(C)n(-c2cccc(Oc3ccc4c(c3)N(c3ccccn3)c3ccccc3C4(C(C)C)C(C)C)c2)n1. The fourth-order valence-electron chi connectivity index (χ4n) is 6.75. The number of ether oxygens (including phenoxy) is 1. The molecule has 5 aromatic rings. The fourth-order valence-corrected chi connectivity index (χ4v) is 6.75. The molecule has 6 rings (SSSR count). The van der Waals surface area contributed by atoms with Crippen molar-refractivity contribution in [2.45, 2.75) is 47.0 Å². The van der Waals surface area contributed by atoms with Crippen molar-refractivity contribution in [3.63, 3.8) is 0 Å². The van der Waals surface area contributed by atoms with Crippen molar-refractivity contribution < 1.29 is 4.74 Å². The first-order chi connectivity index (χ1) is 19.3. The van der Waals surface area contributed by atoms with E-state index in [9.17, 15) is 0 Å². The number of hydrogen-bond donors (Lipinski definition) is 0. The molecule has 0 bridgehead atoms. The third-order valence-electron chi connectivity index (χ3n) is 8.25. The number of rotatable bonds is 6. The van der Waals surface area contributed by atoms with Crippen LogP contribution in [0.25, 0.3) is 5.69 Å². The van der Waals surface area contributed by atoms with Crippen LogP contribution in [0.5, 0.6) is 11.5 Å². The molecule has 202 valence electrons. The van der Waals surface area contributed by atoms with Gasteiger partial charge >= 0.3 is 0 Å². The Kier molecular flexibility index (Phi) is 6.46. The largest absolute Gasteiger partial charge is 0.457 e. The van der Waals surface area contributed by atoms with Gasteiger partial charge in [0, 0.05) is 29.4 Å². The molecule has 0 saturated carbocycles. The molecule has 2 aromatic heterocycles. The van der Waals surface area contributed by atoms with Crippen molar-refractivity contribution in [2.75, 3.05) is 4.90 Å². The summed E-state index contributed by atoms with van der Waals surface area (Å²) in [5, 5.41) is 4.65. The van der Waals surface area contributed by atoms with E-state index in [-0.39, 0.29) is 5.41 Å². The Balaban J connectivity index is 1.51. The highest BCUT2D eigenvalue weighted by Gasteiger charge is 2.48. The molecular formula is C35H36N4O. The first-order valence-electron chi connectivity index (χ1n) is 14.1. The van der Waals surface area contributed by atoms with E-state index in [2.05, 4.69) is 105 Å². The van der Waals surface area contributed by atoms with Gasteiger partial charge in [0.05, 0.1) is 22.8 Å². The first-order valence-corrected chi connectivity index (χ1v) is 14.1. The molecule has 0 unspecified atom stereocenters. The molecule has 0 saturated heterocycles. The first kappa shape index (κ1) is 25.9. The summed E-state index contributed by atoms with van der Waals surface area (Å²) in [6.45, 7) is 13.4. The summed E-state index contributed by atoms with van der Waals surface area (Å²) >= 11 is 0. The van der Waals surface area contributed by atoms with Gasteiger partial charge in [-0.1, -0.05) is 64.1 Å². The van der Waals surface area contributed by atoms with Crippen molar-refractivity contribution in [2.24, 2.45) is 11.8 Å². The third-order valence-corrected chi connectivity index (χ3v) is 8.25. The number of anilines is 3. The number of hydrogen-bond acceptors (Lipinski definition) is 4. The van der Waals surface area contributed by atoms with Crippen LogP contribution in [0.1, 0.15) is 50.2 Å². The highest BCUT2D eigenvalue weighted by molar-refractivity contribution is 5.85. The number of fused-ring (bicyclic) bond motifs is 2. The number of pyridine rings is 1. The van der Waals surface area contributed by atoms with Crippen LogP contribution < -0.4 is 9.64 Å². The Labute approximate surface area is 237 Å². The van der Waals surface area contributed by atoms with E-state index in [1.807, 2.05) is 48.1 Å². The Morgan fingerprint density at radius 1 is 0.700 bits per heavy atom. The number of aryl methyl sites for hydroxylation is 2. The van der Waals surface area contributed by atoms with Crippen LogP contribution in [0.2, 0.25) is 0 Å². The number of benzene rings is 3. The van der Waals surface area contributed by atoms with E-state index < -0.39 is 0 Å². The molecular weight excluding hydrogens is 492 g/mol. The summed E-state index contributed by atoms with van der Waals surface area (Å²) in [6, 6.07) is 31.6. The highest BCUT2D eigenvalue weighted by Crippen LogP contribution is 2.58. The second-order valence-corrected chi connectivity index (χ2v) is 11.3. The molecule has 3 heterocycles. The van der Waals surface area contributed by atoms with E-state index in [1.165, 1.54) is 16.8 Å². The Morgan fingerprint density at radius 3 is 2.12 bits per heavy atom. The molecule has 0 atom stereocenters. The van der Waals surface area contributed by atoms with Crippen LogP contribution in [-0.2, 0) is 5.41 Å². The molecule has 3 aromatic carbocycles. The zero-order valence-electron chi connectivity index (χ0n) is 24.1. The van der Waals surface area contributed by atoms with E-state index >= 15 is 0 Å². The van der Waals surface area contributed by atoms with E-state index in [0.29, 0.717) is 11.8 Å². The van der Waals surface area contributed by atoms with Crippen LogP contribution >= 0.6 is 0 Å². The van der Waals surface area contributed by atoms with Crippen molar-refractivity contribution >= 4 is 17.2 Å². The van der Waals surface area contributed by atoms with Gasteiger partial charge in [0.15, 0.2) is 0 Å². The van der Waals surface area contributed by atoms with Crippen molar-refractivity contribution in [1.29, 1.82) is 0 Å². The topological polar surface area (TPSA) is 43.2 Å². The van der Waals surface area contributed by atoms with Crippen LogP contribution in [-0.4, -0.2) is 14.8 Å². The van der Waals surface area contributed by atoms with E-state index in [4.69, 9.17) is 9.72 Å². The zero-order valence-corrected chi connectivity index (χ0v) is 24.1. The number of nitrogens with zero attached hydrogens (tertiary/aromatic N) is 4. The lowest BCUT2D eigenvalue weighted by Crippen LogP contribution is -2.44. The van der Waals surface area contributed by atoms with E-state index in [1.54, 1.807) is 0 Å². The highest BCUT2D eigenvalue weighted by atomic mass is 16.5. The lowest BCUT2D eigenvalue weighted by Gasteiger charge is -2.50. The van der Waals surface area contributed by atoms with Crippen LogP contribution in [0.15, 0.2) is 97.2 Å². The molecule has 0 N–H and O–H groups in total. The molecule has 0 spiro atoms. The summed E-state index contributed by atoms with van der Waals surface area (Å²) < 4.78 is 8.48. The third kappa shape index (κ3) is 4.08. The van der Waals surface area contributed by atoms with Gasteiger partial charge in [0.1, 0.15) is 17.3 Å². The molecule has 5 nitrogen and oxygen atoms in total. The van der Waals surface area contributed by atoms with E-state index in [0.717, 1.165) is 40.1 Å². The minimum Gasteiger partial charge on any atom is -0.457 e. The average Bonchev–Trinajstić information content (AvgIpc) is 3.29. The average molecular weight is 529 g/mol. The molecule has 0 radical (unpaired) electrons. The van der Waals surface area contributed by atoms with Gasteiger partial charge in [-0.2, -0.15) is 5.10 Å². The molecule has 0 fully saturated rings. The fraction of sp³-hybridized carbons (Fsp3) is 0.257. The maximum absolute atomic E-state index is 6.53. The van der Waals surface area contributed by atoms with Crippen molar-refractivity contribution in [1.82, 2.24) is 14.8 Å². The predicted molar refractivity (Wildman–Crippen MR) is 162 cm³/mol. The van der Waals surface area contributed by atoms with Gasteiger partial charge in [-0.25, -0.2) is 9.67 Å². The van der Waals surface area contributed by atoms with Gasteiger partial charge in [-0.3, -0.25) is 4.90 Å². The Bertz CT molecular complexity index is 1660. The lowest BCUT2D eigenvalue weighted by molar-refractivity contribution is 0.272. The Morgan fingerprint density at radius 2 is 1.43 bits per heavy atom. The van der Waals surface area contributed by atoms with Crippen LogP contribution in [0.3, 0.4) is 0 Å².